The molecule has 0 aromatic heterocycles. The first kappa shape index (κ1) is 19.7. The molecule has 0 aliphatic carbocycles. The number of aryl methyl sites for hydroxylation is 1. The van der Waals surface area contributed by atoms with Crippen LogP contribution in [0.3, 0.4) is 0 Å². The molecular formula is C18H27ClN2O2. The third-order valence-electron chi connectivity index (χ3n) is 4.39. The summed E-state index contributed by atoms with van der Waals surface area (Å²) in [5.74, 6) is 0.164. The SMILES string of the molecule is CCc1ccc(C(=O)CCC(=O)N2CCCC2CNC)cc1.Cl. The van der Waals surface area contributed by atoms with Crippen molar-refractivity contribution in [2.24, 2.45) is 0 Å². The number of Topliss-reactive ketones (excluding diaryl/α,β-unsaturated/α-hetero) is 1. The second-order valence-electron chi connectivity index (χ2n) is 5.91. The molecule has 1 fully saturated rings. The second-order valence-corrected chi connectivity index (χ2v) is 5.91. The van der Waals surface area contributed by atoms with Crippen molar-refractivity contribution >= 4 is 24.1 Å². The number of likely N-dealkylation sites (tertiary alicyclic amines) is 1. The normalized spacial score (nSPS) is 17.0. The molecule has 5 heteroatoms. The summed E-state index contributed by atoms with van der Waals surface area (Å²) in [6.45, 7) is 3.75. The van der Waals surface area contributed by atoms with E-state index in [1.54, 1.807) is 0 Å². The molecular weight excluding hydrogens is 312 g/mol. The molecule has 1 amide bonds. The fourth-order valence-corrected chi connectivity index (χ4v) is 3.05. The molecule has 23 heavy (non-hydrogen) atoms. The van der Waals surface area contributed by atoms with Gasteiger partial charge in [-0.1, -0.05) is 31.2 Å². The van der Waals surface area contributed by atoms with Crippen LogP contribution in [-0.4, -0.2) is 42.8 Å². The predicted octanol–water partition coefficient (Wildman–Crippen LogP) is 2.84. The molecule has 0 radical (unpaired) electrons. The minimum absolute atomic E-state index is 0. The highest BCUT2D eigenvalue weighted by molar-refractivity contribution is 5.98. The number of nitrogens with one attached hydrogen (secondary N) is 1. The Morgan fingerprint density at radius 3 is 2.52 bits per heavy atom. The highest BCUT2D eigenvalue weighted by atomic mass is 35.5. The summed E-state index contributed by atoms with van der Waals surface area (Å²) in [6.07, 6.45) is 3.69. The molecule has 1 aliphatic heterocycles. The van der Waals surface area contributed by atoms with Crippen molar-refractivity contribution in [1.82, 2.24) is 10.2 Å². The third kappa shape index (κ3) is 5.33. The van der Waals surface area contributed by atoms with E-state index in [0.717, 1.165) is 32.4 Å². The van der Waals surface area contributed by atoms with Gasteiger partial charge in [0.1, 0.15) is 0 Å². The van der Waals surface area contributed by atoms with Crippen LogP contribution >= 0.6 is 12.4 Å². The molecule has 1 heterocycles. The maximum atomic E-state index is 12.3. The van der Waals surface area contributed by atoms with E-state index < -0.39 is 0 Å². The monoisotopic (exact) mass is 338 g/mol. The van der Waals surface area contributed by atoms with Crippen molar-refractivity contribution in [1.29, 1.82) is 0 Å². The van der Waals surface area contributed by atoms with Gasteiger partial charge in [-0.25, -0.2) is 0 Å². The van der Waals surface area contributed by atoms with Gasteiger partial charge in [-0.15, -0.1) is 12.4 Å². The second kappa shape index (κ2) is 9.68. The molecule has 1 aromatic rings. The average molecular weight is 339 g/mol. The Labute approximate surface area is 145 Å². The van der Waals surface area contributed by atoms with Crippen molar-refractivity contribution in [2.75, 3.05) is 20.1 Å². The molecule has 128 valence electrons. The Morgan fingerprint density at radius 2 is 1.91 bits per heavy atom. The zero-order chi connectivity index (χ0) is 15.9. The lowest BCUT2D eigenvalue weighted by molar-refractivity contribution is -0.131. The summed E-state index contributed by atoms with van der Waals surface area (Å²) in [7, 11) is 1.91. The first-order valence-corrected chi connectivity index (χ1v) is 8.22. The molecule has 1 aromatic carbocycles. The number of amides is 1. The summed E-state index contributed by atoms with van der Waals surface area (Å²) in [6, 6.07) is 7.99. The van der Waals surface area contributed by atoms with Gasteiger partial charge >= 0.3 is 0 Å². The van der Waals surface area contributed by atoms with Gasteiger partial charge in [0.2, 0.25) is 5.91 Å². The maximum absolute atomic E-state index is 12.3. The van der Waals surface area contributed by atoms with Gasteiger partial charge in [0.15, 0.2) is 5.78 Å². The van der Waals surface area contributed by atoms with Crippen molar-refractivity contribution in [2.45, 2.75) is 45.1 Å². The van der Waals surface area contributed by atoms with Gasteiger partial charge in [-0.3, -0.25) is 9.59 Å². The number of hydrogen-bond donors (Lipinski definition) is 1. The van der Waals surface area contributed by atoms with Gasteiger partial charge in [-0.05, 0) is 31.9 Å². The summed E-state index contributed by atoms with van der Waals surface area (Å²) < 4.78 is 0. The Hall–Kier alpha value is -1.39. The summed E-state index contributed by atoms with van der Waals surface area (Å²) >= 11 is 0. The zero-order valence-corrected chi connectivity index (χ0v) is 14.8. The Balaban J connectivity index is 0.00000264. The molecule has 1 N–H and O–H groups in total. The van der Waals surface area contributed by atoms with Gasteiger partial charge in [-0.2, -0.15) is 0 Å². The van der Waals surface area contributed by atoms with E-state index in [1.807, 2.05) is 36.2 Å². The van der Waals surface area contributed by atoms with Crippen LogP contribution in [0, 0.1) is 0 Å². The van der Waals surface area contributed by atoms with Gasteiger partial charge in [0.25, 0.3) is 0 Å². The number of nitrogens with zero attached hydrogens (tertiary/aromatic N) is 1. The topological polar surface area (TPSA) is 49.4 Å². The minimum atomic E-state index is 0. The molecule has 1 aliphatic rings. The van der Waals surface area contributed by atoms with Gasteiger partial charge < -0.3 is 10.2 Å². The minimum Gasteiger partial charge on any atom is -0.338 e. The fourth-order valence-electron chi connectivity index (χ4n) is 3.05. The first-order valence-electron chi connectivity index (χ1n) is 8.22. The van der Waals surface area contributed by atoms with E-state index in [9.17, 15) is 9.59 Å². The molecule has 0 spiro atoms. The largest absolute Gasteiger partial charge is 0.338 e. The van der Waals surface area contributed by atoms with E-state index in [0.29, 0.717) is 18.4 Å². The lowest BCUT2D eigenvalue weighted by atomic mass is 10.0. The van der Waals surface area contributed by atoms with Crippen LogP contribution in [0.1, 0.15) is 48.5 Å². The molecule has 1 saturated heterocycles. The van der Waals surface area contributed by atoms with Crippen molar-refractivity contribution in [3.8, 4) is 0 Å². The summed E-state index contributed by atoms with van der Waals surface area (Å²) in [5.41, 5.74) is 1.93. The quantitative estimate of drug-likeness (QED) is 0.778. The summed E-state index contributed by atoms with van der Waals surface area (Å²) in [4.78, 5) is 26.4. The smallest absolute Gasteiger partial charge is 0.223 e. The highest BCUT2D eigenvalue weighted by Crippen LogP contribution is 2.18. The number of hydrogen-bond acceptors (Lipinski definition) is 3. The van der Waals surface area contributed by atoms with Crippen LogP contribution < -0.4 is 5.32 Å². The number of rotatable bonds is 7. The van der Waals surface area contributed by atoms with Crippen molar-refractivity contribution < 1.29 is 9.59 Å². The van der Waals surface area contributed by atoms with Crippen molar-refractivity contribution in [3.63, 3.8) is 0 Å². The number of carbonyl (C=O) groups excluding carboxylic acids is 2. The lowest BCUT2D eigenvalue weighted by Gasteiger charge is -2.24. The van der Waals surface area contributed by atoms with Crippen LogP contribution in [-0.2, 0) is 11.2 Å². The van der Waals surface area contributed by atoms with Crippen LogP contribution in [0.2, 0.25) is 0 Å². The predicted molar refractivity (Wildman–Crippen MR) is 95.3 cm³/mol. The summed E-state index contributed by atoms with van der Waals surface area (Å²) in [5, 5.41) is 3.14. The standard InChI is InChI=1S/C18H26N2O2.ClH/c1-3-14-6-8-15(9-7-14)17(21)10-11-18(22)20-12-4-5-16(20)13-19-2;/h6-9,16,19H,3-5,10-13H2,1-2H3;1H. The Morgan fingerprint density at radius 1 is 1.22 bits per heavy atom. The van der Waals surface area contributed by atoms with Crippen LogP contribution in [0.25, 0.3) is 0 Å². The molecule has 2 rings (SSSR count). The van der Waals surface area contributed by atoms with E-state index >= 15 is 0 Å². The van der Waals surface area contributed by atoms with E-state index in [4.69, 9.17) is 0 Å². The van der Waals surface area contributed by atoms with Crippen LogP contribution in [0.4, 0.5) is 0 Å². The van der Waals surface area contributed by atoms with E-state index in [1.165, 1.54) is 5.56 Å². The number of halogens is 1. The third-order valence-corrected chi connectivity index (χ3v) is 4.39. The number of likely N-dealkylation sites (N-methyl/N-ethyl adjacent to an activating group) is 1. The number of ketones is 1. The van der Waals surface area contributed by atoms with E-state index in [2.05, 4.69) is 12.2 Å². The van der Waals surface area contributed by atoms with E-state index in [-0.39, 0.29) is 30.1 Å². The molecule has 0 saturated carbocycles. The maximum Gasteiger partial charge on any atom is 0.223 e. The van der Waals surface area contributed by atoms with Gasteiger partial charge in [0.05, 0.1) is 0 Å². The zero-order valence-electron chi connectivity index (χ0n) is 14.0. The number of benzene rings is 1. The molecule has 1 unspecified atom stereocenters. The number of carbonyl (C=O) groups is 2. The molecule has 0 bridgehead atoms. The first-order chi connectivity index (χ1) is 10.7. The highest BCUT2D eigenvalue weighted by Gasteiger charge is 2.27. The lowest BCUT2D eigenvalue weighted by Crippen LogP contribution is -2.40. The Kier molecular flexibility index (Phi) is 8.28. The van der Waals surface area contributed by atoms with Crippen molar-refractivity contribution in [3.05, 3.63) is 35.4 Å². The molecule has 1 atom stereocenters. The molecule has 4 nitrogen and oxygen atoms in total. The van der Waals surface area contributed by atoms with Crippen LogP contribution in [0.15, 0.2) is 24.3 Å². The Bertz CT molecular complexity index is 516. The fraction of sp³-hybridized carbons (Fsp3) is 0.556. The van der Waals surface area contributed by atoms with Crippen LogP contribution in [0.5, 0.6) is 0 Å². The van der Waals surface area contributed by atoms with Gasteiger partial charge in [0, 0.05) is 37.5 Å². The average Bonchev–Trinajstić information content (AvgIpc) is 3.01.